The molecule has 0 unspecified atom stereocenters. The Morgan fingerprint density at radius 2 is 1.90 bits per heavy atom. The summed E-state index contributed by atoms with van der Waals surface area (Å²) in [6.45, 7) is 0. The maximum atomic E-state index is 9.58. The van der Waals surface area contributed by atoms with Crippen LogP contribution >= 0.6 is 13.5 Å². The number of hydrogen-bond acceptors (Lipinski definition) is 6. The summed E-state index contributed by atoms with van der Waals surface area (Å²) in [4.78, 5) is 9.31. The quantitative estimate of drug-likeness (QED) is 0.499. The van der Waals surface area contributed by atoms with E-state index in [9.17, 15) is 5.11 Å². The minimum atomic E-state index is -0.225. The highest BCUT2D eigenvalue weighted by Crippen LogP contribution is 2.36. The Hall–Kier alpha value is -2.94. The molecular formula is C23H25N5O2S. The molecular weight excluding hydrogens is 410 g/mol. The average Bonchev–Trinajstić information content (AvgIpc) is 3.20. The van der Waals surface area contributed by atoms with E-state index in [-0.39, 0.29) is 31.6 Å². The Kier molecular flexibility index (Phi) is 5.95. The summed E-state index contributed by atoms with van der Waals surface area (Å²) < 4.78 is 7.04. The van der Waals surface area contributed by atoms with Gasteiger partial charge in [0, 0.05) is 17.0 Å². The largest absolute Gasteiger partial charge is 0.481 e. The van der Waals surface area contributed by atoms with Crippen LogP contribution in [0.5, 0.6) is 5.88 Å². The Morgan fingerprint density at radius 1 is 1.10 bits per heavy atom. The zero-order valence-corrected chi connectivity index (χ0v) is 18.1. The predicted octanol–water partition coefficient (Wildman–Crippen LogP) is 3.37. The van der Waals surface area contributed by atoms with Crippen LogP contribution in [0.1, 0.15) is 24.6 Å². The topological polar surface area (TPSA) is 99.1 Å². The van der Waals surface area contributed by atoms with Crippen LogP contribution in [0, 0.1) is 5.92 Å². The lowest BCUT2D eigenvalue weighted by Gasteiger charge is -2.35. The van der Waals surface area contributed by atoms with Crippen molar-refractivity contribution in [3.05, 3.63) is 66.5 Å². The molecule has 1 saturated carbocycles. The number of pyridine rings is 2. The van der Waals surface area contributed by atoms with E-state index in [0.29, 0.717) is 11.7 Å². The summed E-state index contributed by atoms with van der Waals surface area (Å²) in [6.07, 6.45) is 3.08. The van der Waals surface area contributed by atoms with Gasteiger partial charge in [0.05, 0.1) is 42.4 Å². The Bertz CT molecular complexity index is 1210. The van der Waals surface area contributed by atoms with E-state index >= 15 is 0 Å². The molecule has 5 rings (SSSR count). The lowest BCUT2D eigenvalue weighted by Crippen LogP contribution is -2.36. The second-order valence-electron chi connectivity index (χ2n) is 7.73. The Balaban J connectivity index is 0.00000231. The summed E-state index contributed by atoms with van der Waals surface area (Å²) in [5, 5.41) is 15.1. The van der Waals surface area contributed by atoms with Crippen LogP contribution in [0.3, 0.4) is 0 Å². The number of aromatic nitrogens is 4. The minimum absolute atomic E-state index is 0. The van der Waals surface area contributed by atoms with Crippen molar-refractivity contribution in [1.29, 1.82) is 0 Å². The van der Waals surface area contributed by atoms with E-state index in [2.05, 4.69) is 16.1 Å². The third kappa shape index (κ3) is 4.01. The van der Waals surface area contributed by atoms with Crippen molar-refractivity contribution in [3.63, 3.8) is 0 Å². The first-order valence-electron chi connectivity index (χ1n) is 10.0. The first-order valence-corrected chi connectivity index (χ1v) is 10.0. The molecule has 1 atom stereocenters. The second-order valence-corrected chi connectivity index (χ2v) is 7.73. The highest BCUT2D eigenvalue weighted by Gasteiger charge is 2.33. The van der Waals surface area contributed by atoms with Gasteiger partial charge in [0.15, 0.2) is 5.82 Å². The smallest absolute Gasteiger partial charge is 0.214 e. The molecule has 3 aromatic heterocycles. The van der Waals surface area contributed by atoms with E-state index in [4.69, 9.17) is 15.5 Å². The van der Waals surface area contributed by atoms with Crippen molar-refractivity contribution in [2.45, 2.75) is 25.0 Å². The van der Waals surface area contributed by atoms with Crippen molar-refractivity contribution in [3.8, 4) is 23.0 Å². The van der Waals surface area contributed by atoms with Gasteiger partial charge in [0.2, 0.25) is 5.88 Å². The number of ether oxygens (including phenoxy) is 1. The highest BCUT2D eigenvalue weighted by atomic mass is 32.1. The average molecular weight is 436 g/mol. The highest BCUT2D eigenvalue weighted by molar-refractivity contribution is 7.59. The molecule has 0 radical (unpaired) electrons. The van der Waals surface area contributed by atoms with Crippen molar-refractivity contribution < 1.29 is 9.84 Å². The fraction of sp³-hybridized carbons (Fsp3) is 0.261. The second kappa shape index (κ2) is 8.66. The molecule has 160 valence electrons. The van der Waals surface area contributed by atoms with Gasteiger partial charge in [-0.25, -0.2) is 4.68 Å². The molecule has 0 spiro atoms. The van der Waals surface area contributed by atoms with Crippen molar-refractivity contribution in [2.75, 3.05) is 7.11 Å². The number of nitrogens with zero attached hydrogens (tertiary/aromatic N) is 4. The van der Waals surface area contributed by atoms with E-state index in [1.54, 1.807) is 17.9 Å². The first kappa shape index (κ1) is 21.3. The van der Waals surface area contributed by atoms with Crippen LogP contribution in [0.15, 0.2) is 60.8 Å². The number of hydrogen-bond donors (Lipinski definition) is 2. The van der Waals surface area contributed by atoms with Gasteiger partial charge in [-0.3, -0.25) is 4.98 Å². The van der Waals surface area contributed by atoms with Crippen LogP contribution in [-0.2, 0) is 0 Å². The van der Waals surface area contributed by atoms with Crippen LogP contribution in [0.4, 0.5) is 0 Å². The normalized spacial score (nSPS) is 18.8. The summed E-state index contributed by atoms with van der Waals surface area (Å²) in [5.41, 5.74) is 10.0. The zero-order valence-electron chi connectivity index (χ0n) is 17.1. The van der Waals surface area contributed by atoms with E-state index in [1.807, 2.05) is 48.7 Å². The summed E-state index contributed by atoms with van der Waals surface area (Å²) >= 11 is 0. The van der Waals surface area contributed by atoms with E-state index in [0.717, 1.165) is 40.7 Å². The SMILES string of the molecule is COc1cccc(-n2ncc3ccc(-c4cccc([C@@H](N)C5CC(O)C5)n4)cc32)n1.S. The first-order chi connectivity index (χ1) is 14.6. The number of rotatable bonds is 5. The van der Waals surface area contributed by atoms with Gasteiger partial charge in [-0.05, 0) is 43.0 Å². The third-order valence-corrected chi connectivity index (χ3v) is 5.77. The molecule has 1 fully saturated rings. The molecule has 0 amide bonds. The van der Waals surface area contributed by atoms with Crippen molar-refractivity contribution in [1.82, 2.24) is 19.7 Å². The summed E-state index contributed by atoms with van der Waals surface area (Å²) in [7, 11) is 1.60. The van der Waals surface area contributed by atoms with Crippen LogP contribution in [0.2, 0.25) is 0 Å². The maximum Gasteiger partial charge on any atom is 0.214 e. The van der Waals surface area contributed by atoms with Crippen LogP contribution in [-0.4, -0.2) is 38.1 Å². The monoisotopic (exact) mass is 435 g/mol. The fourth-order valence-electron chi connectivity index (χ4n) is 3.96. The molecule has 0 aliphatic heterocycles. The standard InChI is InChI=1S/C23H23N5O2.H2S/c1-30-22-7-3-6-21(27-22)28-20-12-14(8-9-15(20)13-25-28)18-4-2-5-19(26-18)23(24)16-10-17(29)11-16;/h2-9,12-13,16-17,23,29H,10-11,24H2,1H3;1H2/t16?,17?,23-;/m0./s1. The molecule has 4 aromatic rings. The van der Waals surface area contributed by atoms with Gasteiger partial charge in [-0.2, -0.15) is 23.6 Å². The molecule has 1 aliphatic rings. The molecule has 1 aliphatic carbocycles. The van der Waals surface area contributed by atoms with Gasteiger partial charge in [0.1, 0.15) is 0 Å². The molecule has 0 bridgehead atoms. The van der Waals surface area contributed by atoms with Crippen molar-refractivity contribution in [2.24, 2.45) is 11.7 Å². The predicted molar refractivity (Wildman–Crippen MR) is 125 cm³/mol. The maximum absolute atomic E-state index is 9.58. The zero-order chi connectivity index (χ0) is 20.7. The number of nitrogens with two attached hydrogens (primary N) is 1. The fourth-order valence-corrected chi connectivity index (χ4v) is 3.96. The van der Waals surface area contributed by atoms with Gasteiger partial charge in [0.25, 0.3) is 0 Å². The Morgan fingerprint density at radius 3 is 2.68 bits per heavy atom. The number of aliphatic hydroxyl groups is 1. The number of aliphatic hydroxyl groups excluding tert-OH is 1. The molecule has 1 aromatic carbocycles. The summed E-state index contributed by atoms with van der Waals surface area (Å²) in [5.74, 6) is 1.51. The van der Waals surface area contributed by atoms with E-state index in [1.165, 1.54) is 0 Å². The van der Waals surface area contributed by atoms with Gasteiger partial charge in [-0.1, -0.05) is 24.3 Å². The lowest BCUT2D eigenvalue weighted by atomic mass is 9.76. The van der Waals surface area contributed by atoms with E-state index < -0.39 is 0 Å². The van der Waals surface area contributed by atoms with Crippen LogP contribution < -0.4 is 10.5 Å². The van der Waals surface area contributed by atoms with Gasteiger partial charge >= 0.3 is 0 Å². The Labute approximate surface area is 187 Å². The third-order valence-electron chi connectivity index (χ3n) is 5.77. The molecule has 8 heteroatoms. The molecule has 3 N–H and O–H groups in total. The number of methoxy groups -OCH3 is 1. The number of fused-ring (bicyclic) bond motifs is 1. The number of benzene rings is 1. The molecule has 0 saturated heterocycles. The summed E-state index contributed by atoms with van der Waals surface area (Å²) in [6, 6.07) is 17.5. The van der Waals surface area contributed by atoms with Gasteiger partial charge < -0.3 is 15.6 Å². The van der Waals surface area contributed by atoms with Crippen molar-refractivity contribution >= 4 is 24.4 Å². The van der Waals surface area contributed by atoms with Gasteiger partial charge in [-0.15, -0.1) is 0 Å². The van der Waals surface area contributed by atoms with Crippen LogP contribution in [0.25, 0.3) is 28.0 Å². The molecule has 3 heterocycles. The molecule has 31 heavy (non-hydrogen) atoms. The minimum Gasteiger partial charge on any atom is -0.481 e. The lowest BCUT2D eigenvalue weighted by molar-refractivity contribution is 0.0302. The molecule has 7 nitrogen and oxygen atoms in total.